The number of hydrogen-bond acceptors (Lipinski definition) is 6. The van der Waals surface area contributed by atoms with Crippen LogP contribution in [0.4, 0.5) is 4.79 Å². The summed E-state index contributed by atoms with van der Waals surface area (Å²) in [5.74, 6) is 4.99. The highest BCUT2D eigenvalue weighted by Gasteiger charge is 2.29. The van der Waals surface area contributed by atoms with Gasteiger partial charge in [-0.25, -0.2) is 19.1 Å². The van der Waals surface area contributed by atoms with E-state index in [0.29, 0.717) is 12.8 Å². The van der Waals surface area contributed by atoms with Crippen molar-refractivity contribution >= 4 is 21.9 Å². The first-order chi connectivity index (χ1) is 6.80. The molecule has 1 atom stereocenters. The van der Waals surface area contributed by atoms with Gasteiger partial charge in [-0.05, 0) is 6.42 Å². The maximum atomic E-state index is 11.1. The summed E-state index contributed by atoms with van der Waals surface area (Å²) in [6.07, 6.45) is -0.0314. The van der Waals surface area contributed by atoms with Crippen LogP contribution in [0.2, 0.25) is 0 Å². The number of nitrogens with zero attached hydrogens (tertiary/aromatic N) is 1. The summed E-state index contributed by atoms with van der Waals surface area (Å²) in [6, 6.07) is 0. The highest BCUT2D eigenvalue weighted by molar-refractivity contribution is 7.88. The molecule has 1 unspecified atom stereocenters. The summed E-state index contributed by atoms with van der Waals surface area (Å²) in [5, 5.41) is 0. The van der Waals surface area contributed by atoms with Crippen LogP contribution in [0.5, 0.6) is 0 Å². The molecule has 2 N–H and O–H groups in total. The Bertz CT molecular complexity index is 377. The number of hydrazine groups is 1. The zero-order chi connectivity index (χ0) is 11.6. The molecule has 1 amide bonds. The van der Waals surface area contributed by atoms with Gasteiger partial charge in [0.15, 0.2) is 0 Å². The molecule has 15 heavy (non-hydrogen) atoms. The predicted molar refractivity (Wildman–Crippen MR) is 50.0 cm³/mol. The van der Waals surface area contributed by atoms with Crippen LogP contribution in [-0.2, 0) is 19.6 Å². The minimum Gasteiger partial charge on any atom is -0.444 e. The minimum absolute atomic E-state index is 0.00396. The molecule has 0 radical (unpaired) electrons. The van der Waals surface area contributed by atoms with E-state index in [1.165, 1.54) is 0 Å². The van der Waals surface area contributed by atoms with Gasteiger partial charge in [0.1, 0.15) is 11.9 Å². The number of carbonyl (C=O) groups is 2. The van der Waals surface area contributed by atoms with Gasteiger partial charge in [0, 0.05) is 12.8 Å². The topological polar surface area (TPSA) is 107 Å². The lowest BCUT2D eigenvalue weighted by molar-refractivity contribution is -0.117. The number of ketones is 1. The second-order valence-electron chi connectivity index (χ2n) is 3.35. The van der Waals surface area contributed by atoms with E-state index in [1.54, 1.807) is 0 Å². The second kappa shape index (κ2) is 4.15. The Kier molecular flexibility index (Phi) is 3.30. The molecule has 1 aliphatic carbocycles. The predicted octanol–water partition coefficient (Wildman–Crippen LogP) is -0.620. The average Bonchev–Trinajstić information content (AvgIpc) is 2.48. The molecule has 1 saturated carbocycles. The Balaban J connectivity index is 2.53. The third-order valence-electron chi connectivity index (χ3n) is 2.01. The number of ether oxygens (including phenoxy) is 1. The summed E-state index contributed by atoms with van der Waals surface area (Å²) in [4.78, 5) is 22.0. The largest absolute Gasteiger partial charge is 0.444 e. The minimum atomic E-state index is -3.81. The van der Waals surface area contributed by atoms with Gasteiger partial charge in [-0.2, -0.15) is 0 Å². The number of sulfonamides is 1. The van der Waals surface area contributed by atoms with Crippen LogP contribution >= 0.6 is 0 Å². The van der Waals surface area contributed by atoms with Gasteiger partial charge in [-0.15, -0.1) is 4.41 Å². The normalized spacial score (nSPS) is 21.5. The number of rotatable bonds is 2. The van der Waals surface area contributed by atoms with Crippen LogP contribution in [0.15, 0.2) is 0 Å². The van der Waals surface area contributed by atoms with Crippen LogP contribution in [0, 0.1) is 0 Å². The fourth-order valence-corrected chi connectivity index (χ4v) is 1.52. The van der Waals surface area contributed by atoms with E-state index >= 15 is 0 Å². The second-order valence-corrected chi connectivity index (χ2v) is 5.21. The molecule has 0 bridgehead atoms. The van der Waals surface area contributed by atoms with Gasteiger partial charge in [0.2, 0.25) is 0 Å². The molecule has 1 rings (SSSR count). The van der Waals surface area contributed by atoms with Gasteiger partial charge >= 0.3 is 6.09 Å². The smallest absolute Gasteiger partial charge is 0.438 e. The molecule has 0 aromatic carbocycles. The quantitative estimate of drug-likeness (QED) is 0.389. The van der Waals surface area contributed by atoms with E-state index in [4.69, 9.17) is 10.6 Å². The van der Waals surface area contributed by atoms with E-state index in [9.17, 15) is 18.0 Å². The Hall–Kier alpha value is -1.15. The monoisotopic (exact) mass is 236 g/mol. The van der Waals surface area contributed by atoms with E-state index in [2.05, 4.69) is 0 Å². The lowest BCUT2D eigenvalue weighted by Gasteiger charge is -2.16. The first kappa shape index (κ1) is 11.9. The number of amides is 1. The van der Waals surface area contributed by atoms with Crippen molar-refractivity contribution in [3.05, 3.63) is 0 Å². The van der Waals surface area contributed by atoms with Crippen molar-refractivity contribution in [1.29, 1.82) is 0 Å². The highest BCUT2D eigenvalue weighted by atomic mass is 32.2. The van der Waals surface area contributed by atoms with Crippen molar-refractivity contribution in [3.8, 4) is 0 Å². The Morgan fingerprint density at radius 1 is 1.60 bits per heavy atom. The van der Waals surface area contributed by atoms with Gasteiger partial charge in [0.25, 0.3) is 10.0 Å². The number of carbonyl (C=O) groups excluding carboxylic acids is 2. The van der Waals surface area contributed by atoms with Crippen LogP contribution in [-0.4, -0.2) is 37.1 Å². The van der Waals surface area contributed by atoms with Crippen molar-refractivity contribution in [2.45, 2.75) is 25.4 Å². The fourth-order valence-electron chi connectivity index (χ4n) is 1.21. The molecule has 0 aromatic heterocycles. The zero-order valence-electron chi connectivity index (χ0n) is 8.17. The van der Waals surface area contributed by atoms with Gasteiger partial charge in [-0.1, -0.05) is 0 Å². The Morgan fingerprint density at radius 3 is 2.60 bits per heavy atom. The summed E-state index contributed by atoms with van der Waals surface area (Å²) in [7, 11) is -3.81. The maximum Gasteiger partial charge on any atom is 0.438 e. The summed E-state index contributed by atoms with van der Waals surface area (Å²) >= 11 is 0. The zero-order valence-corrected chi connectivity index (χ0v) is 8.99. The lowest BCUT2D eigenvalue weighted by atomic mass is 10.3. The molecule has 0 saturated heterocycles. The van der Waals surface area contributed by atoms with E-state index in [-0.39, 0.29) is 16.6 Å². The molecule has 7 nitrogen and oxygen atoms in total. The van der Waals surface area contributed by atoms with Crippen molar-refractivity contribution in [2.24, 2.45) is 5.84 Å². The molecule has 0 aliphatic heterocycles. The van der Waals surface area contributed by atoms with Crippen molar-refractivity contribution in [1.82, 2.24) is 4.41 Å². The third kappa shape index (κ3) is 3.17. The molecular weight excluding hydrogens is 224 g/mol. The van der Waals surface area contributed by atoms with Crippen LogP contribution < -0.4 is 5.84 Å². The van der Waals surface area contributed by atoms with Gasteiger partial charge in [0.05, 0.1) is 6.26 Å². The molecule has 8 heteroatoms. The molecule has 0 aromatic rings. The fraction of sp³-hybridized carbons (Fsp3) is 0.714. The van der Waals surface area contributed by atoms with Crippen LogP contribution in [0.3, 0.4) is 0 Å². The van der Waals surface area contributed by atoms with Gasteiger partial charge < -0.3 is 4.74 Å². The lowest BCUT2D eigenvalue weighted by Crippen LogP contribution is -2.43. The van der Waals surface area contributed by atoms with Crippen molar-refractivity contribution in [2.75, 3.05) is 6.26 Å². The highest BCUT2D eigenvalue weighted by Crippen LogP contribution is 2.18. The standard InChI is InChI=1S/C7H12N2O5S/c1-15(12,13)9(8)7(11)14-6-3-2-5(10)4-6/h6H,2-4,8H2,1H3. The molecular formula is C7H12N2O5S. The summed E-state index contributed by atoms with van der Waals surface area (Å²) < 4.78 is 26.4. The van der Waals surface area contributed by atoms with E-state index in [1.807, 2.05) is 0 Å². The maximum absolute atomic E-state index is 11.1. The first-order valence-corrected chi connectivity index (χ1v) is 6.13. The SMILES string of the molecule is CS(=O)(=O)N(N)C(=O)OC1CCC(=O)C1. The Morgan fingerprint density at radius 2 is 2.20 bits per heavy atom. The molecule has 1 fully saturated rings. The molecule has 86 valence electrons. The van der Waals surface area contributed by atoms with Crippen LogP contribution in [0.25, 0.3) is 0 Å². The molecule has 1 aliphatic rings. The Labute approximate surface area is 87.2 Å². The van der Waals surface area contributed by atoms with E-state index < -0.39 is 22.2 Å². The summed E-state index contributed by atoms with van der Waals surface area (Å²) in [6.45, 7) is 0. The summed E-state index contributed by atoms with van der Waals surface area (Å²) in [5.41, 5.74) is 0. The van der Waals surface area contributed by atoms with Gasteiger partial charge in [-0.3, -0.25) is 4.79 Å². The molecule has 0 spiro atoms. The number of nitrogens with two attached hydrogens (primary N) is 1. The van der Waals surface area contributed by atoms with Crippen molar-refractivity contribution < 1.29 is 22.7 Å². The number of Topliss-reactive ketones (excluding diaryl/α,β-unsaturated/α-hetero) is 1. The van der Waals surface area contributed by atoms with Crippen molar-refractivity contribution in [3.63, 3.8) is 0 Å². The molecule has 0 heterocycles. The first-order valence-electron chi connectivity index (χ1n) is 4.28. The average molecular weight is 236 g/mol. The number of hydrogen-bond donors (Lipinski definition) is 1. The van der Waals surface area contributed by atoms with E-state index in [0.717, 1.165) is 6.26 Å². The third-order valence-corrected chi connectivity index (χ3v) is 2.87. The van der Waals surface area contributed by atoms with Crippen LogP contribution in [0.1, 0.15) is 19.3 Å².